The quantitative estimate of drug-likeness (QED) is 0.719. The van der Waals surface area contributed by atoms with Gasteiger partial charge in [0.15, 0.2) is 5.96 Å². The van der Waals surface area contributed by atoms with E-state index in [2.05, 4.69) is 41.6 Å². The number of rotatable bonds is 5. The van der Waals surface area contributed by atoms with Crippen molar-refractivity contribution in [2.75, 3.05) is 25.5 Å². The largest absolute Gasteiger partial charge is 0.356 e. The maximum absolute atomic E-state index is 12.9. The molecule has 31 heavy (non-hydrogen) atoms. The van der Waals surface area contributed by atoms with Gasteiger partial charge in [-0.15, -0.1) is 11.3 Å². The molecule has 1 aliphatic heterocycles. The summed E-state index contributed by atoms with van der Waals surface area (Å²) in [4.78, 5) is 24.0. The smallest absolute Gasteiger partial charge is 0.273 e. The van der Waals surface area contributed by atoms with Crippen LogP contribution in [-0.4, -0.2) is 47.9 Å². The molecule has 2 heterocycles. The van der Waals surface area contributed by atoms with Gasteiger partial charge in [0.25, 0.3) is 5.91 Å². The third kappa shape index (κ3) is 5.26. The van der Waals surface area contributed by atoms with Crippen molar-refractivity contribution in [1.29, 1.82) is 0 Å². The van der Waals surface area contributed by atoms with Gasteiger partial charge in [-0.3, -0.25) is 9.79 Å². The lowest BCUT2D eigenvalue weighted by Crippen LogP contribution is -2.38. The van der Waals surface area contributed by atoms with Gasteiger partial charge in [0.1, 0.15) is 5.69 Å². The van der Waals surface area contributed by atoms with Crippen LogP contribution in [0.1, 0.15) is 70.7 Å². The van der Waals surface area contributed by atoms with E-state index in [-0.39, 0.29) is 5.91 Å². The molecule has 7 heteroatoms. The summed E-state index contributed by atoms with van der Waals surface area (Å²) in [7, 11) is 1.93. The van der Waals surface area contributed by atoms with Crippen molar-refractivity contribution in [2.24, 2.45) is 4.99 Å². The summed E-state index contributed by atoms with van der Waals surface area (Å²) in [5.41, 5.74) is 5.31. The Hall–Kier alpha value is -2.41. The number of anilines is 1. The van der Waals surface area contributed by atoms with Crippen molar-refractivity contribution >= 4 is 28.9 Å². The van der Waals surface area contributed by atoms with Crippen LogP contribution in [0.25, 0.3) is 0 Å². The highest BCUT2D eigenvalue weighted by Gasteiger charge is 2.24. The number of aromatic nitrogens is 1. The summed E-state index contributed by atoms with van der Waals surface area (Å²) in [6.45, 7) is 6.08. The van der Waals surface area contributed by atoms with Gasteiger partial charge < -0.3 is 15.5 Å². The van der Waals surface area contributed by atoms with Crippen LogP contribution in [0.3, 0.4) is 0 Å². The fraction of sp³-hybridized carbons (Fsp3) is 0.542. The SMILES string of the molecule is Cc1cc(NC2=NCCCN2)c(C)cc1Cc1nc(C(=O)N(C)C2CCCCC2)cs1. The molecule has 1 saturated carbocycles. The molecule has 4 rings (SSSR count). The lowest BCUT2D eigenvalue weighted by molar-refractivity contribution is 0.0691. The first-order valence-electron chi connectivity index (χ1n) is 11.4. The Morgan fingerprint density at radius 1 is 1.19 bits per heavy atom. The number of carbonyl (C=O) groups is 1. The number of nitrogens with zero attached hydrogens (tertiary/aromatic N) is 3. The van der Waals surface area contributed by atoms with Gasteiger partial charge in [-0.2, -0.15) is 0 Å². The van der Waals surface area contributed by atoms with Crippen LogP contribution in [0.4, 0.5) is 5.69 Å². The summed E-state index contributed by atoms with van der Waals surface area (Å²) in [6, 6.07) is 4.76. The Labute approximate surface area is 189 Å². The molecule has 1 aliphatic carbocycles. The lowest BCUT2D eigenvalue weighted by atomic mass is 9.94. The Kier molecular flexibility index (Phi) is 6.90. The highest BCUT2D eigenvalue weighted by atomic mass is 32.1. The van der Waals surface area contributed by atoms with E-state index in [0.717, 1.165) is 55.4 Å². The highest BCUT2D eigenvalue weighted by molar-refractivity contribution is 7.09. The highest BCUT2D eigenvalue weighted by Crippen LogP contribution is 2.26. The van der Waals surface area contributed by atoms with Gasteiger partial charge in [0, 0.05) is 43.7 Å². The fourth-order valence-electron chi connectivity index (χ4n) is 4.41. The minimum Gasteiger partial charge on any atom is -0.356 e. The molecule has 1 aromatic heterocycles. The number of carbonyl (C=O) groups excluding carboxylic acids is 1. The first kappa shape index (κ1) is 21.8. The molecule has 6 nitrogen and oxygen atoms in total. The van der Waals surface area contributed by atoms with Crippen molar-refractivity contribution in [3.63, 3.8) is 0 Å². The molecule has 2 aliphatic rings. The number of hydrogen-bond acceptors (Lipinski definition) is 6. The van der Waals surface area contributed by atoms with E-state index in [0.29, 0.717) is 11.7 Å². The summed E-state index contributed by atoms with van der Waals surface area (Å²) in [5.74, 6) is 0.911. The maximum Gasteiger partial charge on any atom is 0.273 e. The molecule has 0 radical (unpaired) electrons. The molecule has 0 unspecified atom stereocenters. The molecule has 0 bridgehead atoms. The second kappa shape index (κ2) is 9.81. The maximum atomic E-state index is 12.9. The van der Waals surface area contributed by atoms with Crippen LogP contribution in [0.2, 0.25) is 0 Å². The van der Waals surface area contributed by atoms with Gasteiger partial charge in [-0.25, -0.2) is 4.98 Å². The van der Waals surface area contributed by atoms with Crippen LogP contribution in [0, 0.1) is 13.8 Å². The van der Waals surface area contributed by atoms with Gasteiger partial charge in [0.2, 0.25) is 0 Å². The Morgan fingerprint density at radius 3 is 2.74 bits per heavy atom. The summed E-state index contributed by atoms with van der Waals surface area (Å²) in [6.07, 6.45) is 7.78. The Bertz CT molecular complexity index is 961. The molecule has 0 atom stereocenters. The van der Waals surface area contributed by atoms with Crippen molar-refractivity contribution in [2.45, 2.75) is 64.8 Å². The topological polar surface area (TPSA) is 69.6 Å². The molecular formula is C24H33N5OS. The molecule has 1 amide bonds. The predicted octanol–water partition coefficient (Wildman–Crippen LogP) is 4.52. The van der Waals surface area contributed by atoms with Crippen LogP contribution in [-0.2, 0) is 6.42 Å². The minimum absolute atomic E-state index is 0.0580. The number of amides is 1. The van der Waals surface area contributed by atoms with Crippen LogP contribution >= 0.6 is 11.3 Å². The minimum atomic E-state index is 0.0580. The third-order valence-electron chi connectivity index (χ3n) is 6.39. The van der Waals surface area contributed by atoms with Crippen molar-refractivity contribution < 1.29 is 4.79 Å². The third-order valence-corrected chi connectivity index (χ3v) is 7.24. The molecule has 2 N–H and O–H groups in total. The van der Waals surface area contributed by atoms with Crippen LogP contribution in [0.5, 0.6) is 0 Å². The van der Waals surface area contributed by atoms with Gasteiger partial charge in [0.05, 0.1) is 5.01 Å². The normalized spacial score (nSPS) is 17.1. The fourth-order valence-corrected chi connectivity index (χ4v) is 5.20. The van der Waals surface area contributed by atoms with E-state index < -0.39 is 0 Å². The standard InChI is InChI=1S/C24H33N5OS/c1-16-13-20(28-24-25-10-7-11-26-24)17(2)12-18(16)14-22-27-21(15-31-22)23(30)29(3)19-8-5-4-6-9-19/h12-13,15,19H,4-11,14H2,1-3H3,(H2,25,26,28). The van der Waals surface area contributed by atoms with E-state index in [1.54, 1.807) is 11.3 Å². The zero-order valence-electron chi connectivity index (χ0n) is 18.8. The van der Waals surface area contributed by atoms with E-state index in [4.69, 9.17) is 4.98 Å². The number of guanidine groups is 1. The van der Waals surface area contributed by atoms with Gasteiger partial charge >= 0.3 is 0 Å². The van der Waals surface area contributed by atoms with E-state index in [1.165, 1.54) is 36.0 Å². The number of aryl methyl sites for hydroxylation is 2. The molecule has 166 valence electrons. The van der Waals surface area contributed by atoms with E-state index in [1.807, 2.05) is 17.3 Å². The number of benzene rings is 1. The van der Waals surface area contributed by atoms with Crippen molar-refractivity contribution in [3.8, 4) is 0 Å². The molecule has 1 fully saturated rings. The Balaban J connectivity index is 1.43. The van der Waals surface area contributed by atoms with E-state index in [9.17, 15) is 4.79 Å². The molecule has 0 saturated heterocycles. The summed E-state index contributed by atoms with van der Waals surface area (Å²) >= 11 is 1.58. The van der Waals surface area contributed by atoms with Crippen LogP contribution in [0.15, 0.2) is 22.5 Å². The summed E-state index contributed by atoms with van der Waals surface area (Å²) in [5, 5.41) is 9.64. The first-order valence-corrected chi connectivity index (χ1v) is 12.3. The zero-order chi connectivity index (χ0) is 21.8. The monoisotopic (exact) mass is 439 g/mol. The summed E-state index contributed by atoms with van der Waals surface area (Å²) < 4.78 is 0. The first-order chi connectivity index (χ1) is 15.0. The van der Waals surface area contributed by atoms with E-state index >= 15 is 0 Å². The Morgan fingerprint density at radius 2 is 2.00 bits per heavy atom. The molecular weight excluding hydrogens is 406 g/mol. The number of nitrogens with one attached hydrogen (secondary N) is 2. The predicted molar refractivity (Wildman–Crippen MR) is 128 cm³/mol. The second-order valence-electron chi connectivity index (χ2n) is 8.74. The average Bonchev–Trinajstić information content (AvgIpc) is 3.26. The van der Waals surface area contributed by atoms with Crippen LogP contribution < -0.4 is 10.6 Å². The lowest BCUT2D eigenvalue weighted by Gasteiger charge is -2.30. The van der Waals surface area contributed by atoms with Crippen molar-refractivity contribution in [3.05, 3.63) is 44.9 Å². The zero-order valence-corrected chi connectivity index (χ0v) is 19.6. The van der Waals surface area contributed by atoms with Gasteiger partial charge in [-0.1, -0.05) is 25.3 Å². The average molecular weight is 440 g/mol. The second-order valence-corrected chi connectivity index (χ2v) is 9.68. The molecule has 1 aromatic carbocycles. The number of aliphatic imine (C=N–C) groups is 1. The molecule has 0 spiro atoms. The van der Waals surface area contributed by atoms with Gasteiger partial charge in [-0.05, 0) is 55.9 Å². The van der Waals surface area contributed by atoms with Crippen molar-refractivity contribution in [1.82, 2.24) is 15.2 Å². The molecule has 2 aromatic rings. The number of hydrogen-bond donors (Lipinski definition) is 2. The number of thiazole rings is 1.